The first-order valence-corrected chi connectivity index (χ1v) is 6.46. The van der Waals surface area contributed by atoms with E-state index in [-0.39, 0.29) is 0 Å². The molecule has 2 aromatic rings. The quantitative estimate of drug-likeness (QED) is 0.630. The Hall–Kier alpha value is -1.29. The number of hydrogen-bond donors (Lipinski definition) is 0. The number of halogens is 1. The Bertz CT molecular complexity index is 508. The molecule has 0 aliphatic rings. The Labute approximate surface area is 107 Å². The maximum Gasteiger partial charge on any atom is 0.158 e. The Morgan fingerprint density at radius 1 is 0.941 bits per heavy atom. The predicted molar refractivity (Wildman–Crippen MR) is 68.0 cm³/mol. The maximum atomic E-state index is 12.1. The van der Waals surface area contributed by atoms with Gasteiger partial charge in [0.05, 0.1) is 0 Å². The summed E-state index contributed by atoms with van der Waals surface area (Å²) >= 11 is 4.52. The molecule has 0 aromatic heterocycles. The summed E-state index contributed by atoms with van der Waals surface area (Å²) < 4.78 is 12.1. The van der Waals surface area contributed by atoms with Crippen molar-refractivity contribution in [2.24, 2.45) is 0 Å². The normalized spacial score (nSPS) is 12.1. The van der Waals surface area contributed by atoms with Gasteiger partial charge in [0.2, 0.25) is 0 Å². The summed E-state index contributed by atoms with van der Waals surface area (Å²) in [7, 11) is 0. The molecule has 0 N–H and O–H groups in total. The molecule has 1 atom stereocenters. The smallest absolute Gasteiger partial charge is 0.158 e. The molecular formula is C13H9ClO2S. The van der Waals surface area contributed by atoms with Crippen LogP contribution in [-0.4, -0.2) is 10.8 Å². The van der Waals surface area contributed by atoms with Crippen molar-refractivity contribution < 1.29 is 9.35 Å². The second-order valence-corrected chi connectivity index (χ2v) is 5.33. The molecule has 0 aliphatic carbocycles. The minimum atomic E-state index is -1.24. The summed E-state index contributed by atoms with van der Waals surface area (Å²) in [5.74, 6) is 0. The van der Waals surface area contributed by atoms with Crippen LogP contribution < -0.4 is 0 Å². The van der Waals surface area contributed by atoms with Crippen LogP contribution in [0, 0.1) is 0 Å². The number of aldehydes is 1. The van der Waals surface area contributed by atoms with Gasteiger partial charge in [0.25, 0.3) is 0 Å². The highest BCUT2D eigenvalue weighted by Crippen LogP contribution is 2.22. The van der Waals surface area contributed by atoms with Crippen LogP contribution in [-0.2, 0) is 11.2 Å². The van der Waals surface area contributed by atoms with Crippen molar-refractivity contribution in [2.75, 3.05) is 0 Å². The second kappa shape index (κ2) is 5.36. The average Bonchev–Trinajstić information content (AvgIpc) is 2.39. The van der Waals surface area contributed by atoms with Gasteiger partial charge >= 0.3 is 0 Å². The summed E-state index contributed by atoms with van der Waals surface area (Å²) in [6.45, 7) is 0. The maximum absolute atomic E-state index is 12.1. The van der Waals surface area contributed by atoms with Crippen LogP contribution in [0.25, 0.3) is 0 Å². The molecule has 0 spiro atoms. The van der Waals surface area contributed by atoms with E-state index in [0.717, 1.165) is 6.29 Å². The Balaban J connectivity index is 2.26. The minimum Gasteiger partial charge on any atom is -0.606 e. The number of carbonyl (C=O) groups excluding carboxylic acids is 1. The first kappa shape index (κ1) is 12.2. The zero-order chi connectivity index (χ0) is 12.3. The van der Waals surface area contributed by atoms with Gasteiger partial charge in [0, 0.05) is 21.8 Å². The van der Waals surface area contributed by atoms with Crippen molar-refractivity contribution in [1.82, 2.24) is 0 Å². The highest BCUT2D eigenvalue weighted by Gasteiger charge is 2.14. The molecule has 0 fully saturated rings. The molecule has 2 nitrogen and oxygen atoms in total. The molecule has 86 valence electrons. The first-order valence-electron chi connectivity index (χ1n) is 4.93. The fraction of sp³-hybridized carbons (Fsp3) is 0. The number of benzene rings is 2. The standard InChI is InChI=1S/C13H9ClO2S/c14-11-3-7-13(8-4-11)17(16)12-5-1-10(9-15)2-6-12/h1-9H. The predicted octanol–water partition coefficient (Wildman–Crippen LogP) is 3.32. The van der Waals surface area contributed by atoms with Gasteiger partial charge in [0.15, 0.2) is 9.79 Å². The number of carbonyl (C=O) groups is 1. The van der Waals surface area contributed by atoms with E-state index in [1.165, 1.54) is 0 Å². The van der Waals surface area contributed by atoms with E-state index in [4.69, 9.17) is 11.6 Å². The molecule has 1 unspecified atom stereocenters. The monoisotopic (exact) mass is 264 g/mol. The summed E-state index contributed by atoms with van der Waals surface area (Å²) in [5.41, 5.74) is 0.571. The third-order valence-corrected chi connectivity index (χ3v) is 3.91. The molecule has 2 aromatic carbocycles. The van der Waals surface area contributed by atoms with Crippen molar-refractivity contribution >= 4 is 29.1 Å². The van der Waals surface area contributed by atoms with Crippen molar-refractivity contribution in [3.63, 3.8) is 0 Å². The van der Waals surface area contributed by atoms with Crippen molar-refractivity contribution in [3.8, 4) is 0 Å². The molecule has 4 heteroatoms. The van der Waals surface area contributed by atoms with E-state index < -0.39 is 11.2 Å². The molecule has 0 amide bonds. The number of hydrogen-bond acceptors (Lipinski definition) is 2. The zero-order valence-electron chi connectivity index (χ0n) is 8.80. The lowest BCUT2D eigenvalue weighted by Gasteiger charge is -2.09. The first-order chi connectivity index (χ1) is 8.20. The van der Waals surface area contributed by atoms with Gasteiger partial charge in [-0.05, 0) is 48.5 Å². The highest BCUT2D eigenvalue weighted by molar-refractivity contribution is 7.91. The van der Waals surface area contributed by atoms with E-state index >= 15 is 0 Å². The fourth-order valence-corrected chi connectivity index (χ4v) is 2.53. The lowest BCUT2D eigenvalue weighted by atomic mass is 10.2. The second-order valence-electron chi connectivity index (χ2n) is 3.41. The van der Waals surface area contributed by atoms with E-state index in [1.54, 1.807) is 48.5 Å². The lowest BCUT2D eigenvalue weighted by molar-refractivity contribution is 0.112. The third kappa shape index (κ3) is 2.88. The largest absolute Gasteiger partial charge is 0.606 e. The van der Waals surface area contributed by atoms with Crippen molar-refractivity contribution in [3.05, 3.63) is 59.1 Å². The SMILES string of the molecule is O=Cc1ccc([S+]([O-])c2ccc(Cl)cc2)cc1. The molecule has 0 heterocycles. The molecule has 2 rings (SSSR count). The van der Waals surface area contributed by atoms with Crippen LogP contribution in [0.3, 0.4) is 0 Å². The van der Waals surface area contributed by atoms with Gasteiger partial charge in [-0.2, -0.15) is 0 Å². The van der Waals surface area contributed by atoms with Gasteiger partial charge in [-0.1, -0.05) is 11.6 Å². The van der Waals surface area contributed by atoms with Crippen LogP contribution in [0.15, 0.2) is 58.3 Å². The van der Waals surface area contributed by atoms with Crippen LogP contribution in [0.4, 0.5) is 0 Å². The van der Waals surface area contributed by atoms with E-state index in [1.807, 2.05) is 0 Å². The van der Waals surface area contributed by atoms with Crippen LogP contribution in [0.1, 0.15) is 10.4 Å². The summed E-state index contributed by atoms with van der Waals surface area (Å²) in [6.07, 6.45) is 0.759. The Morgan fingerprint density at radius 3 is 1.88 bits per heavy atom. The van der Waals surface area contributed by atoms with Gasteiger partial charge in [-0.15, -0.1) is 0 Å². The van der Waals surface area contributed by atoms with Crippen molar-refractivity contribution in [1.29, 1.82) is 0 Å². The summed E-state index contributed by atoms with van der Waals surface area (Å²) in [5, 5.41) is 0.613. The van der Waals surface area contributed by atoms with Gasteiger partial charge in [0.1, 0.15) is 6.29 Å². The van der Waals surface area contributed by atoms with Gasteiger partial charge in [-0.3, -0.25) is 4.79 Å². The molecule has 0 radical (unpaired) electrons. The topological polar surface area (TPSA) is 40.1 Å². The lowest BCUT2D eigenvalue weighted by Crippen LogP contribution is -2.01. The van der Waals surface area contributed by atoms with Crippen molar-refractivity contribution in [2.45, 2.75) is 9.79 Å². The Kier molecular flexibility index (Phi) is 3.84. The average molecular weight is 265 g/mol. The molecular weight excluding hydrogens is 256 g/mol. The third-order valence-electron chi connectivity index (χ3n) is 2.26. The van der Waals surface area contributed by atoms with Gasteiger partial charge < -0.3 is 4.55 Å². The molecule has 0 aliphatic heterocycles. The minimum absolute atomic E-state index is 0.571. The molecule has 0 bridgehead atoms. The number of rotatable bonds is 3. The van der Waals surface area contributed by atoms with E-state index in [2.05, 4.69) is 0 Å². The summed E-state index contributed by atoms with van der Waals surface area (Å²) in [4.78, 5) is 11.9. The molecule has 17 heavy (non-hydrogen) atoms. The summed E-state index contributed by atoms with van der Waals surface area (Å²) in [6, 6.07) is 13.5. The van der Waals surface area contributed by atoms with E-state index in [0.29, 0.717) is 20.4 Å². The zero-order valence-corrected chi connectivity index (χ0v) is 10.4. The van der Waals surface area contributed by atoms with Crippen LogP contribution >= 0.6 is 11.6 Å². The van der Waals surface area contributed by atoms with Crippen LogP contribution in [0.5, 0.6) is 0 Å². The van der Waals surface area contributed by atoms with E-state index in [9.17, 15) is 9.35 Å². The van der Waals surface area contributed by atoms with Gasteiger partial charge in [-0.25, -0.2) is 0 Å². The van der Waals surface area contributed by atoms with Crippen LogP contribution in [0.2, 0.25) is 5.02 Å². The Morgan fingerprint density at radius 2 is 1.41 bits per heavy atom. The molecule has 0 saturated carbocycles. The molecule has 0 saturated heterocycles. The fourth-order valence-electron chi connectivity index (χ4n) is 1.36. The highest BCUT2D eigenvalue weighted by atomic mass is 35.5.